The van der Waals surface area contributed by atoms with Crippen LogP contribution in [-0.4, -0.2) is 48.0 Å². The van der Waals surface area contributed by atoms with Crippen LogP contribution in [0.1, 0.15) is 29.7 Å². The lowest BCUT2D eigenvalue weighted by atomic mass is 9.79. The summed E-state index contributed by atoms with van der Waals surface area (Å²) in [4.78, 5) is 30.2. The summed E-state index contributed by atoms with van der Waals surface area (Å²) in [6.07, 6.45) is -2.20. The van der Waals surface area contributed by atoms with E-state index < -0.39 is 17.8 Å². The van der Waals surface area contributed by atoms with Crippen molar-refractivity contribution in [2.45, 2.75) is 31.0 Å². The summed E-state index contributed by atoms with van der Waals surface area (Å²) in [6.45, 7) is 1.60. The quantitative estimate of drug-likeness (QED) is 0.453. The topological polar surface area (TPSA) is 89.3 Å². The summed E-state index contributed by atoms with van der Waals surface area (Å²) in [5, 5.41) is 9.48. The Kier molecular flexibility index (Phi) is 5.92. The largest absolute Gasteiger partial charge is 0.418 e. The van der Waals surface area contributed by atoms with E-state index in [1.54, 1.807) is 4.90 Å². The van der Waals surface area contributed by atoms with Crippen LogP contribution in [0.4, 0.5) is 23.7 Å². The number of nitrogens with zero attached hydrogens (tertiary/aromatic N) is 1. The highest BCUT2D eigenvalue weighted by molar-refractivity contribution is 5.93. The molecule has 5 rings (SSSR count). The molecular weight excluding hydrogens is 459 g/mol. The number of aromatic amines is 1. The lowest BCUT2D eigenvalue weighted by Crippen LogP contribution is -2.56. The number of nitrogens with one attached hydrogen (secondary N) is 4. The highest BCUT2D eigenvalue weighted by atomic mass is 19.4. The molecule has 2 aliphatic rings. The first-order valence-corrected chi connectivity index (χ1v) is 11.6. The molecule has 0 saturated carbocycles. The number of fused-ring (bicyclic) bond motifs is 4. The third-order valence-electron chi connectivity index (χ3n) is 6.98. The Balaban J connectivity index is 1.19. The molecule has 0 atom stereocenters. The van der Waals surface area contributed by atoms with Gasteiger partial charge in [-0.3, -0.25) is 4.79 Å². The van der Waals surface area contributed by atoms with Gasteiger partial charge >= 0.3 is 12.2 Å². The molecule has 2 aromatic carbocycles. The van der Waals surface area contributed by atoms with Crippen molar-refractivity contribution in [2.75, 3.05) is 31.5 Å². The Hall–Kier alpha value is -3.53. The number of aromatic nitrogens is 1. The number of urea groups is 1. The number of alkyl halides is 3. The maximum absolute atomic E-state index is 13.1. The first kappa shape index (κ1) is 23.2. The minimum atomic E-state index is -4.60. The highest BCUT2D eigenvalue weighted by Crippen LogP contribution is 2.40. The van der Waals surface area contributed by atoms with Gasteiger partial charge in [-0.25, -0.2) is 4.79 Å². The second kappa shape index (κ2) is 8.92. The van der Waals surface area contributed by atoms with Crippen molar-refractivity contribution in [1.29, 1.82) is 0 Å². The molecule has 0 unspecified atom stereocenters. The lowest BCUT2D eigenvalue weighted by molar-refractivity contribution is -0.137. The Morgan fingerprint density at radius 2 is 1.74 bits per heavy atom. The van der Waals surface area contributed by atoms with E-state index in [1.165, 1.54) is 34.8 Å². The first-order chi connectivity index (χ1) is 16.8. The van der Waals surface area contributed by atoms with E-state index in [-0.39, 0.29) is 23.7 Å². The molecule has 1 aromatic heterocycles. The molecule has 3 amide bonds. The summed E-state index contributed by atoms with van der Waals surface area (Å²) < 4.78 is 39.4. The number of carbonyl (C=O) groups excluding carboxylic acids is 2. The van der Waals surface area contributed by atoms with Gasteiger partial charge in [0.25, 0.3) is 0 Å². The lowest BCUT2D eigenvalue weighted by Gasteiger charge is -2.44. The zero-order chi connectivity index (χ0) is 24.6. The monoisotopic (exact) mass is 485 g/mol. The summed E-state index contributed by atoms with van der Waals surface area (Å²) in [5.41, 5.74) is 2.10. The van der Waals surface area contributed by atoms with E-state index in [9.17, 15) is 22.8 Å². The number of anilines is 1. The van der Waals surface area contributed by atoms with Gasteiger partial charge in [0.05, 0.1) is 23.3 Å². The van der Waals surface area contributed by atoms with Crippen molar-refractivity contribution in [1.82, 2.24) is 20.5 Å². The molecule has 35 heavy (non-hydrogen) atoms. The van der Waals surface area contributed by atoms with Crippen LogP contribution in [0.2, 0.25) is 0 Å². The number of carbonyl (C=O) groups is 2. The number of rotatable bonds is 3. The highest BCUT2D eigenvalue weighted by Gasteiger charge is 2.42. The van der Waals surface area contributed by atoms with Crippen LogP contribution >= 0.6 is 0 Å². The van der Waals surface area contributed by atoms with E-state index in [0.717, 1.165) is 37.4 Å². The molecule has 4 N–H and O–H groups in total. The van der Waals surface area contributed by atoms with E-state index >= 15 is 0 Å². The Labute approximate surface area is 200 Å². The van der Waals surface area contributed by atoms with Crippen molar-refractivity contribution in [2.24, 2.45) is 0 Å². The van der Waals surface area contributed by atoms with Crippen LogP contribution in [0.25, 0.3) is 10.9 Å². The first-order valence-electron chi connectivity index (χ1n) is 11.6. The fourth-order valence-electron chi connectivity index (χ4n) is 5.22. The van der Waals surface area contributed by atoms with Crippen molar-refractivity contribution >= 4 is 28.5 Å². The third-order valence-corrected chi connectivity index (χ3v) is 6.98. The smallest absolute Gasteiger partial charge is 0.357 e. The van der Waals surface area contributed by atoms with Crippen molar-refractivity contribution in [3.8, 4) is 0 Å². The molecule has 0 radical (unpaired) electrons. The SMILES string of the molecule is O=C(NCC(=O)N1CCC2(CC1)NCCc1c2[nH]c2ccccc12)Nc1ccccc1C(F)(F)F. The minimum Gasteiger partial charge on any atom is -0.357 e. The van der Waals surface area contributed by atoms with E-state index in [0.29, 0.717) is 13.1 Å². The molecular formula is C25H26F3N5O2. The Morgan fingerprint density at radius 1 is 1.03 bits per heavy atom. The average molecular weight is 486 g/mol. The van der Waals surface area contributed by atoms with E-state index in [4.69, 9.17) is 0 Å². The predicted octanol–water partition coefficient (Wildman–Crippen LogP) is 3.97. The molecule has 1 spiro atoms. The molecule has 7 nitrogen and oxygen atoms in total. The van der Waals surface area contributed by atoms with Gasteiger partial charge in [0, 0.05) is 36.2 Å². The normalized spacial score (nSPS) is 17.3. The maximum atomic E-state index is 13.1. The van der Waals surface area contributed by atoms with Gasteiger partial charge in [-0.2, -0.15) is 13.2 Å². The van der Waals surface area contributed by atoms with Crippen LogP contribution in [0.3, 0.4) is 0 Å². The standard InChI is InChI=1S/C25H26F3N5O2/c26-25(27,28)18-6-2-4-8-20(18)32-23(35)29-15-21(34)33-13-10-24(11-14-33)22-17(9-12-30-24)16-5-1-3-7-19(16)31-22/h1-8,30-31H,9-15H2,(H2,29,32,35). The Morgan fingerprint density at radius 3 is 2.51 bits per heavy atom. The zero-order valence-electron chi connectivity index (χ0n) is 19.0. The molecule has 184 valence electrons. The summed E-state index contributed by atoms with van der Waals surface area (Å²) in [7, 11) is 0. The van der Waals surface area contributed by atoms with Gasteiger partial charge in [-0.15, -0.1) is 0 Å². The number of hydrogen-bond acceptors (Lipinski definition) is 3. The molecule has 0 aliphatic carbocycles. The zero-order valence-corrected chi connectivity index (χ0v) is 19.0. The Bertz CT molecular complexity index is 1260. The van der Waals surface area contributed by atoms with Crippen LogP contribution < -0.4 is 16.0 Å². The van der Waals surface area contributed by atoms with Crippen molar-refractivity contribution in [3.05, 3.63) is 65.4 Å². The van der Waals surface area contributed by atoms with Crippen LogP contribution in [0.5, 0.6) is 0 Å². The second-order valence-corrected chi connectivity index (χ2v) is 9.01. The number of halogens is 3. The van der Waals surface area contributed by atoms with Crippen LogP contribution in [0, 0.1) is 0 Å². The van der Waals surface area contributed by atoms with Gasteiger partial charge in [-0.1, -0.05) is 30.3 Å². The molecule has 2 aliphatic heterocycles. The van der Waals surface area contributed by atoms with Gasteiger partial charge < -0.3 is 25.8 Å². The molecule has 1 saturated heterocycles. The number of hydrogen-bond donors (Lipinski definition) is 4. The molecule has 1 fully saturated rings. The fourth-order valence-corrected chi connectivity index (χ4v) is 5.22. The molecule has 3 heterocycles. The van der Waals surface area contributed by atoms with Gasteiger partial charge in [0.1, 0.15) is 0 Å². The van der Waals surface area contributed by atoms with Gasteiger partial charge in [0.2, 0.25) is 5.91 Å². The molecule has 3 aromatic rings. The second-order valence-electron chi connectivity index (χ2n) is 9.01. The van der Waals surface area contributed by atoms with Crippen molar-refractivity contribution in [3.63, 3.8) is 0 Å². The minimum absolute atomic E-state index is 0.227. The fraction of sp³-hybridized carbons (Fsp3) is 0.360. The molecule has 10 heteroatoms. The van der Waals surface area contributed by atoms with E-state index in [1.807, 2.05) is 12.1 Å². The third kappa shape index (κ3) is 4.45. The summed E-state index contributed by atoms with van der Waals surface area (Å²) >= 11 is 0. The van der Waals surface area contributed by atoms with Gasteiger partial charge in [-0.05, 0) is 43.0 Å². The van der Waals surface area contributed by atoms with E-state index in [2.05, 4.69) is 33.1 Å². The average Bonchev–Trinajstić information content (AvgIpc) is 3.23. The predicted molar refractivity (Wildman–Crippen MR) is 126 cm³/mol. The number of para-hydroxylation sites is 2. The summed E-state index contributed by atoms with van der Waals surface area (Å²) in [6, 6.07) is 12.1. The van der Waals surface area contributed by atoms with Crippen molar-refractivity contribution < 1.29 is 22.8 Å². The molecule has 0 bridgehead atoms. The van der Waals surface area contributed by atoms with Crippen LogP contribution in [0.15, 0.2) is 48.5 Å². The van der Waals surface area contributed by atoms with Gasteiger partial charge in [0.15, 0.2) is 0 Å². The number of amides is 3. The number of H-pyrrole nitrogens is 1. The summed E-state index contributed by atoms with van der Waals surface area (Å²) in [5.74, 6) is -0.271. The number of piperidine rings is 1. The number of likely N-dealkylation sites (tertiary alicyclic amines) is 1. The number of benzene rings is 2. The maximum Gasteiger partial charge on any atom is 0.418 e. The van der Waals surface area contributed by atoms with Crippen LogP contribution in [-0.2, 0) is 22.9 Å².